The Balaban J connectivity index is 2.15. The molecule has 0 aliphatic rings. The predicted octanol–water partition coefficient (Wildman–Crippen LogP) is 2.75. The van der Waals surface area contributed by atoms with Gasteiger partial charge in [0.15, 0.2) is 0 Å². The molecule has 1 aromatic carbocycles. The topological polar surface area (TPSA) is 71.1 Å². The standard InChI is InChI=1S/C16H15F2N3O2/c1-2-8-19-15(22)13-4-3-5-14(20-13)16(23)21-12-7-6-10(17)9-11(12)18/h3-7,9H,2,8H2,1H3,(H,19,22)(H,21,23). The number of hydrogen-bond acceptors (Lipinski definition) is 3. The smallest absolute Gasteiger partial charge is 0.274 e. The molecule has 2 N–H and O–H groups in total. The number of halogens is 2. The summed E-state index contributed by atoms with van der Waals surface area (Å²) in [6.07, 6.45) is 0.774. The van der Waals surface area contributed by atoms with Crippen LogP contribution in [0, 0.1) is 11.6 Å². The summed E-state index contributed by atoms with van der Waals surface area (Å²) < 4.78 is 26.4. The van der Waals surface area contributed by atoms with Gasteiger partial charge in [0, 0.05) is 12.6 Å². The summed E-state index contributed by atoms with van der Waals surface area (Å²) >= 11 is 0. The van der Waals surface area contributed by atoms with Crippen molar-refractivity contribution in [1.29, 1.82) is 0 Å². The quantitative estimate of drug-likeness (QED) is 0.890. The molecule has 0 aliphatic heterocycles. The Morgan fingerprint density at radius 1 is 1.09 bits per heavy atom. The lowest BCUT2D eigenvalue weighted by molar-refractivity contribution is 0.0948. The minimum atomic E-state index is -0.893. The SMILES string of the molecule is CCCNC(=O)c1cccc(C(=O)Nc2ccc(F)cc2F)n1. The molecule has 0 aliphatic carbocycles. The zero-order valence-electron chi connectivity index (χ0n) is 12.4. The van der Waals surface area contributed by atoms with Gasteiger partial charge in [-0.3, -0.25) is 9.59 Å². The fourth-order valence-corrected chi connectivity index (χ4v) is 1.79. The first-order valence-corrected chi connectivity index (χ1v) is 7.03. The highest BCUT2D eigenvalue weighted by Crippen LogP contribution is 2.15. The number of benzene rings is 1. The molecule has 0 unspecified atom stereocenters. The number of carbonyl (C=O) groups excluding carboxylic acids is 2. The average molecular weight is 319 g/mol. The molecule has 120 valence electrons. The van der Waals surface area contributed by atoms with Crippen molar-refractivity contribution in [3.05, 3.63) is 59.4 Å². The van der Waals surface area contributed by atoms with E-state index >= 15 is 0 Å². The van der Waals surface area contributed by atoms with Crippen molar-refractivity contribution in [3.63, 3.8) is 0 Å². The minimum Gasteiger partial charge on any atom is -0.351 e. The molecule has 2 rings (SSSR count). The summed E-state index contributed by atoms with van der Waals surface area (Å²) in [5.41, 5.74) is -0.123. The zero-order chi connectivity index (χ0) is 16.8. The Hall–Kier alpha value is -2.83. The van der Waals surface area contributed by atoms with Crippen molar-refractivity contribution >= 4 is 17.5 Å². The number of carbonyl (C=O) groups is 2. The van der Waals surface area contributed by atoms with Crippen molar-refractivity contribution in [2.24, 2.45) is 0 Å². The number of nitrogens with one attached hydrogen (secondary N) is 2. The number of nitrogens with zero attached hydrogens (tertiary/aromatic N) is 1. The van der Waals surface area contributed by atoms with E-state index in [9.17, 15) is 18.4 Å². The second kappa shape index (κ2) is 7.44. The summed E-state index contributed by atoms with van der Waals surface area (Å²) in [5, 5.41) is 4.93. The molecular weight excluding hydrogens is 304 g/mol. The summed E-state index contributed by atoms with van der Waals surface area (Å²) in [6, 6.07) is 7.18. The van der Waals surface area contributed by atoms with Gasteiger partial charge >= 0.3 is 0 Å². The van der Waals surface area contributed by atoms with Gasteiger partial charge in [-0.2, -0.15) is 0 Å². The molecule has 2 aromatic rings. The number of pyridine rings is 1. The van der Waals surface area contributed by atoms with Crippen LogP contribution in [0.3, 0.4) is 0 Å². The maximum Gasteiger partial charge on any atom is 0.274 e. The van der Waals surface area contributed by atoms with E-state index < -0.39 is 23.4 Å². The van der Waals surface area contributed by atoms with Crippen LogP contribution in [0.25, 0.3) is 0 Å². The molecule has 2 amide bonds. The Labute approximate surface area is 131 Å². The highest BCUT2D eigenvalue weighted by atomic mass is 19.1. The van der Waals surface area contributed by atoms with Gasteiger partial charge < -0.3 is 10.6 Å². The van der Waals surface area contributed by atoms with Crippen molar-refractivity contribution < 1.29 is 18.4 Å². The molecule has 0 saturated heterocycles. The molecule has 1 aromatic heterocycles. The molecule has 0 spiro atoms. The van der Waals surface area contributed by atoms with Gasteiger partial charge in [0.1, 0.15) is 23.0 Å². The van der Waals surface area contributed by atoms with Crippen LogP contribution in [0.1, 0.15) is 34.3 Å². The lowest BCUT2D eigenvalue weighted by Crippen LogP contribution is -2.26. The highest BCUT2D eigenvalue weighted by Gasteiger charge is 2.14. The number of anilines is 1. The van der Waals surface area contributed by atoms with Crippen LogP contribution < -0.4 is 10.6 Å². The van der Waals surface area contributed by atoms with Gasteiger partial charge in [-0.1, -0.05) is 13.0 Å². The minimum absolute atomic E-state index is 0.0436. The van der Waals surface area contributed by atoms with Crippen LogP contribution in [0.15, 0.2) is 36.4 Å². The van der Waals surface area contributed by atoms with E-state index in [-0.39, 0.29) is 17.1 Å². The van der Waals surface area contributed by atoms with Crippen LogP contribution in [0.4, 0.5) is 14.5 Å². The van der Waals surface area contributed by atoms with E-state index in [2.05, 4.69) is 15.6 Å². The fraction of sp³-hybridized carbons (Fsp3) is 0.188. The van der Waals surface area contributed by atoms with Crippen molar-refractivity contribution in [3.8, 4) is 0 Å². The molecular formula is C16H15F2N3O2. The Bertz CT molecular complexity index is 735. The predicted molar refractivity (Wildman–Crippen MR) is 81.2 cm³/mol. The lowest BCUT2D eigenvalue weighted by atomic mass is 10.2. The third kappa shape index (κ3) is 4.32. The van der Waals surface area contributed by atoms with Gasteiger partial charge in [0.25, 0.3) is 11.8 Å². The van der Waals surface area contributed by atoms with Crippen molar-refractivity contribution in [1.82, 2.24) is 10.3 Å². The Morgan fingerprint density at radius 2 is 1.78 bits per heavy atom. The van der Waals surface area contributed by atoms with Crippen LogP contribution in [0.5, 0.6) is 0 Å². The van der Waals surface area contributed by atoms with E-state index in [1.54, 1.807) is 0 Å². The number of rotatable bonds is 5. The Morgan fingerprint density at radius 3 is 2.43 bits per heavy atom. The van der Waals surface area contributed by atoms with Gasteiger partial charge in [-0.25, -0.2) is 13.8 Å². The largest absolute Gasteiger partial charge is 0.351 e. The molecule has 0 fully saturated rings. The van der Waals surface area contributed by atoms with Crippen LogP contribution >= 0.6 is 0 Å². The summed E-state index contributed by atoms with van der Waals surface area (Å²) in [5.74, 6) is -2.72. The highest BCUT2D eigenvalue weighted by molar-refractivity contribution is 6.03. The first-order chi connectivity index (χ1) is 11.0. The van der Waals surface area contributed by atoms with E-state index in [1.807, 2.05) is 6.92 Å². The number of hydrogen-bond donors (Lipinski definition) is 2. The average Bonchev–Trinajstić information content (AvgIpc) is 2.55. The summed E-state index contributed by atoms with van der Waals surface area (Å²) in [7, 11) is 0. The molecule has 0 bridgehead atoms. The van der Waals surface area contributed by atoms with Gasteiger partial charge in [0.2, 0.25) is 0 Å². The molecule has 0 radical (unpaired) electrons. The van der Waals surface area contributed by atoms with Crippen LogP contribution in [-0.2, 0) is 0 Å². The van der Waals surface area contributed by atoms with Gasteiger partial charge in [0.05, 0.1) is 5.69 Å². The van der Waals surface area contributed by atoms with Gasteiger partial charge in [-0.05, 0) is 30.7 Å². The van der Waals surface area contributed by atoms with E-state index in [1.165, 1.54) is 18.2 Å². The molecule has 23 heavy (non-hydrogen) atoms. The monoisotopic (exact) mass is 319 g/mol. The van der Waals surface area contributed by atoms with Crippen LogP contribution in [0.2, 0.25) is 0 Å². The van der Waals surface area contributed by atoms with Crippen molar-refractivity contribution in [2.45, 2.75) is 13.3 Å². The normalized spacial score (nSPS) is 10.2. The van der Waals surface area contributed by atoms with Crippen LogP contribution in [-0.4, -0.2) is 23.3 Å². The molecule has 0 saturated carbocycles. The maximum atomic E-state index is 13.5. The second-order valence-electron chi connectivity index (χ2n) is 4.74. The summed E-state index contributed by atoms with van der Waals surface area (Å²) in [6.45, 7) is 2.41. The molecule has 5 nitrogen and oxygen atoms in total. The summed E-state index contributed by atoms with van der Waals surface area (Å²) in [4.78, 5) is 27.8. The van der Waals surface area contributed by atoms with E-state index in [0.717, 1.165) is 18.6 Å². The number of aromatic nitrogens is 1. The van der Waals surface area contributed by atoms with Gasteiger partial charge in [-0.15, -0.1) is 0 Å². The third-order valence-corrected chi connectivity index (χ3v) is 2.93. The maximum absolute atomic E-state index is 13.5. The Kier molecular flexibility index (Phi) is 5.35. The second-order valence-corrected chi connectivity index (χ2v) is 4.74. The number of amides is 2. The first kappa shape index (κ1) is 16.5. The molecule has 1 heterocycles. The molecule has 0 atom stereocenters. The van der Waals surface area contributed by atoms with E-state index in [4.69, 9.17) is 0 Å². The molecule has 7 heteroatoms. The van der Waals surface area contributed by atoms with Crippen molar-refractivity contribution in [2.75, 3.05) is 11.9 Å². The first-order valence-electron chi connectivity index (χ1n) is 7.03. The zero-order valence-corrected chi connectivity index (χ0v) is 12.4. The lowest BCUT2D eigenvalue weighted by Gasteiger charge is -2.07. The van der Waals surface area contributed by atoms with E-state index in [0.29, 0.717) is 12.6 Å². The fourth-order valence-electron chi connectivity index (χ4n) is 1.79. The third-order valence-electron chi connectivity index (χ3n) is 2.93.